The van der Waals surface area contributed by atoms with Gasteiger partial charge < -0.3 is 5.32 Å². The van der Waals surface area contributed by atoms with Gasteiger partial charge in [-0.25, -0.2) is 4.98 Å². The number of hydrogen-bond donors (Lipinski definition) is 1. The zero-order valence-electron chi connectivity index (χ0n) is 10.8. The van der Waals surface area contributed by atoms with Gasteiger partial charge in [0.25, 0.3) is 0 Å². The maximum atomic E-state index is 5.90. The van der Waals surface area contributed by atoms with Crippen LogP contribution in [-0.4, -0.2) is 11.0 Å². The molecule has 2 nitrogen and oxygen atoms in total. The maximum absolute atomic E-state index is 5.90. The Labute approximate surface area is 109 Å². The van der Waals surface area contributed by atoms with Crippen molar-refractivity contribution < 1.29 is 0 Å². The molecule has 94 valence electrons. The first-order valence-corrected chi connectivity index (χ1v) is 6.71. The van der Waals surface area contributed by atoms with Crippen molar-refractivity contribution in [3.63, 3.8) is 0 Å². The van der Waals surface area contributed by atoms with Crippen molar-refractivity contribution >= 4 is 17.4 Å². The summed E-state index contributed by atoms with van der Waals surface area (Å²) in [6.07, 6.45) is 3.73. The van der Waals surface area contributed by atoms with Crippen LogP contribution in [-0.2, 0) is 0 Å². The molecule has 1 saturated carbocycles. The SMILES string of the molecule is CC1CC(Nc2cccc(Cl)n2)CC(C)(C)C1. The predicted molar refractivity (Wildman–Crippen MR) is 73.5 cm³/mol. The fourth-order valence-electron chi connectivity index (χ4n) is 3.15. The van der Waals surface area contributed by atoms with Gasteiger partial charge in [-0.2, -0.15) is 0 Å². The van der Waals surface area contributed by atoms with Crippen LogP contribution in [0.5, 0.6) is 0 Å². The van der Waals surface area contributed by atoms with Crippen LogP contribution in [0.15, 0.2) is 18.2 Å². The minimum absolute atomic E-state index is 0.425. The molecule has 1 aromatic rings. The van der Waals surface area contributed by atoms with Crippen molar-refractivity contribution in [1.29, 1.82) is 0 Å². The molecule has 2 rings (SSSR count). The van der Waals surface area contributed by atoms with Gasteiger partial charge in [-0.1, -0.05) is 38.4 Å². The molecule has 17 heavy (non-hydrogen) atoms. The molecule has 0 spiro atoms. The Morgan fingerprint density at radius 1 is 1.35 bits per heavy atom. The lowest BCUT2D eigenvalue weighted by Crippen LogP contribution is -2.35. The molecule has 0 radical (unpaired) electrons. The van der Waals surface area contributed by atoms with Gasteiger partial charge in [0, 0.05) is 6.04 Å². The summed E-state index contributed by atoms with van der Waals surface area (Å²) in [6, 6.07) is 6.24. The third-order valence-electron chi connectivity index (χ3n) is 3.45. The normalized spacial score (nSPS) is 27.8. The Bertz CT molecular complexity index is 390. The highest BCUT2D eigenvalue weighted by atomic mass is 35.5. The number of halogens is 1. The Kier molecular flexibility index (Phi) is 3.62. The quantitative estimate of drug-likeness (QED) is 0.791. The largest absolute Gasteiger partial charge is 0.367 e. The molecule has 0 aromatic carbocycles. The summed E-state index contributed by atoms with van der Waals surface area (Å²) in [6.45, 7) is 7.03. The number of pyridine rings is 1. The molecule has 1 aromatic heterocycles. The Morgan fingerprint density at radius 3 is 2.76 bits per heavy atom. The fourth-order valence-corrected chi connectivity index (χ4v) is 3.32. The van der Waals surface area contributed by atoms with E-state index in [-0.39, 0.29) is 0 Å². The molecule has 3 heteroatoms. The van der Waals surface area contributed by atoms with Crippen LogP contribution in [0.3, 0.4) is 0 Å². The lowest BCUT2D eigenvalue weighted by molar-refractivity contribution is 0.178. The highest BCUT2D eigenvalue weighted by Gasteiger charge is 2.31. The van der Waals surface area contributed by atoms with Crippen LogP contribution in [0.25, 0.3) is 0 Å². The van der Waals surface area contributed by atoms with Crippen molar-refractivity contribution in [3.05, 3.63) is 23.4 Å². The zero-order valence-corrected chi connectivity index (χ0v) is 11.6. The molecule has 1 aliphatic rings. The fraction of sp³-hybridized carbons (Fsp3) is 0.643. The molecule has 2 atom stereocenters. The first kappa shape index (κ1) is 12.7. The summed E-state index contributed by atoms with van der Waals surface area (Å²) in [5.74, 6) is 1.67. The molecule has 1 heterocycles. The van der Waals surface area contributed by atoms with E-state index in [1.165, 1.54) is 19.3 Å². The molecule has 1 fully saturated rings. The van der Waals surface area contributed by atoms with Gasteiger partial charge in [-0.15, -0.1) is 0 Å². The second kappa shape index (κ2) is 4.85. The van der Waals surface area contributed by atoms with E-state index in [1.54, 1.807) is 6.07 Å². The van der Waals surface area contributed by atoms with Crippen molar-refractivity contribution in [2.75, 3.05) is 5.32 Å². The maximum Gasteiger partial charge on any atom is 0.131 e. The minimum atomic E-state index is 0.425. The van der Waals surface area contributed by atoms with E-state index in [2.05, 4.69) is 31.1 Å². The average molecular weight is 253 g/mol. The van der Waals surface area contributed by atoms with Gasteiger partial charge >= 0.3 is 0 Å². The summed E-state index contributed by atoms with van der Waals surface area (Å²) in [7, 11) is 0. The summed E-state index contributed by atoms with van der Waals surface area (Å²) < 4.78 is 0. The Balaban J connectivity index is 2.03. The summed E-state index contributed by atoms with van der Waals surface area (Å²) in [5, 5.41) is 4.07. The van der Waals surface area contributed by atoms with Crippen LogP contribution in [0.1, 0.15) is 40.0 Å². The van der Waals surface area contributed by atoms with Crippen molar-refractivity contribution in [2.24, 2.45) is 11.3 Å². The topological polar surface area (TPSA) is 24.9 Å². The van der Waals surface area contributed by atoms with E-state index in [1.807, 2.05) is 12.1 Å². The van der Waals surface area contributed by atoms with Gasteiger partial charge in [-0.05, 0) is 42.7 Å². The average Bonchev–Trinajstić information content (AvgIpc) is 2.13. The predicted octanol–water partition coefficient (Wildman–Crippen LogP) is 4.36. The van der Waals surface area contributed by atoms with Crippen LogP contribution in [0.4, 0.5) is 5.82 Å². The number of rotatable bonds is 2. The van der Waals surface area contributed by atoms with Gasteiger partial charge in [0.15, 0.2) is 0 Å². The molecule has 2 unspecified atom stereocenters. The summed E-state index contributed by atoms with van der Waals surface area (Å²) >= 11 is 5.90. The number of hydrogen-bond acceptors (Lipinski definition) is 2. The van der Waals surface area contributed by atoms with E-state index >= 15 is 0 Å². The van der Waals surface area contributed by atoms with Gasteiger partial charge in [-0.3, -0.25) is 0 Å². The van der Waals surface area contributed by atoms with E-state index < -0.39 is 0 Å². The third kappa shape index (κ3) is 3.60. The van der Waals surface area contributed by atoms with Gasteiger partial charge in [0.1, 0.15) is 11.0 Å². The lowest BCUT2D eigenvalue weighted by Gasteiger charge is -2.39. The van der Waals surface area contributed by atoms with Crippen molar-refractivity contribution in [1.82, 2.24) is 4.98 Å². The Hall–Kier alpha value is -0.760. The standard InChI is InChI=1S/C14H21ClN2/c1-10-7-11(9-14(2,3)8-10)16-13-6-4-5-12(15)17-13/h4-6,10-11H,7-9H2,1-3H3,(H,16,17). The first-order valence-electron chi connectivity index (χ1n) is 6.34. The molecule has 0 aliphatic heterocycles. The molecule has 1 aliphatic carbocycles. The number of aromatic nitrogens is 1. The second-order valence-corrected chi connectivity index (χ2v) is 6.49. The van der Waals surface area contributed by atoms with E-state index in [0.29, 0.717) is 16.6 Å². The van der Waals surface area contributed by atoms with Gasteiger partial charge in [0.05, 0.1) is 0 Å². The molecule has 1 N–H and O–H groups in total. The highest BCUT2D eigenvalue weighted by Crippen LogP contribution is 2.39. The summed E-state index contributed by atoms with van der Waals surface area (Å²) in [5.41, 5.74) is 0.425. The smallest absolute Gasteiger partial charge is 0.131 e. The van der Waals surface area contributed by atoms with Crippen LogP contribution < -0.4 is 5.32 Å². The molecule has 0 bridgehead atoms. The Morgan fingerprint density at radius 2 is 2.12 bits per heavy atom. The lowest BCUT2D eigenvalue weighted by atomic mass is 9.70. The van der Waals surface area contributed by atoms with Gasteiger partial charge in [0.2, 0.25) is 0 Å². The van der Waals surface area contributed by atoms with Crippen molar-refractivity contribution in [2.45, 2.75) is 46.1 Å². The highest BCUT2D eigenvalue weighted by molar-refractivity contribution is 6.29. The molecular weight excluding hydrogens is 232 g/mol. The second-order valence-electron chi connectivity index (χ2n) is 6.10. The van der Waals surface area contributed by atoms with E-state index in [0.717, 1.165) is 11.7 Å². The minimum Gasteiger partial charge on any atom is -0.367 e. The van der Waals surface area contributed by atoms with Crippen molar-refractivity contribution in [3.8, 4) is 0 Å². The molecule has 0 amide bonds. The monoisotopic (exact) mass is 252 g/mol. The number of nitrogens with zero attached hydrogens (tertiary/aromatic N) is 1. The summed E-state index contributed by atoms with van der Waals surface area (Å²) in [4.78, 5) is 4.29. The number of anilines is 1. The van der Waals surface area contributed by atoms with E-state index in [4.69, 9.17) is 11.6 Å². The zero-order chi connectivity index (χ0) is 12.5. The third-order valence-corrected chi connectivity index (χ3v) is 3.66. The molecule has 0 saturated heterocycles. The first-order chi connectivity index (χ1) is 7.94. The van der Waals surface area contributed by atoms with Crippen LogP contribution >= 0.6 is 11.6 Å². The van der Waals surface area contributed by atoms with Crippen LogP contribution in [0.2, 0.25) is 5.15 Å². The number of nitrogens with one attached hydrogen (secondary N) is 1. The van der Waals surface area contributed by atoms with E-state index in [9.17, 15) is 0 Å². The molecular formula is C14H21ClN2. The van der Waals surface area contributed by atoms with Crippen LogP contribution in [0, 0.1) is 11.3 Å².